The van der Waals surface area contributed by atoms with Gasteiger partial charge in [0, 0.05) is 38.1 Å². The number of piperazine rings is 1. The van der Waals surface area contributed by atoms with Crippen LogP contribution >= 0.6 is 11.3 Å². The smallest absolute Gasteiger partial charge is 0.238 e. The maximum Gasteiger partial charge on any atom is 0.238 e. The third kappa shape index (κ3) is 2.88. The van der Waals surface area contributed by atoms with E-state index in [4.69, 9.17) is 0 Å². The van der Waals surface area contributed by atoms with E-state index in [9.17, 15) is 4.79 Å². The van der Waals surface area contributed by atoms with Crippen molar-refractivity contribution in [1.29, 1.82) is 0 Å². The molecule has 1 amide bonds. The monoisotopic (exact) mass is 268 g/mol. The van der Waals surface area contributed by atoms with Crippen molar-refractivity contribution in [3.8, 4) is 0 Å². The molecule has 0 aromatic carbocycles. The fraction of sp³-hybridized carbons (Fsp3) is 0.667. The summed E-state index contributed by atoms with van der Waals surface area (Å²) in [7, 11) is 1.69. The quantitative estimate of drug-likeness (QED) is 0.827. The average molecular weight is 268 g/mol. The van der Waals surface area contributed by atoms with E-state index in [1.165, 1.54) is 4.88 Å². The predicted molar refractivity (Wildman–Crippen MR) is 72.7 cm³/mol. The van der Waals surface area contributed by atoms with Crippen LogP contribution in [0, 0.1) is 13.8 Å². The molecule has 2 heterocycles. The molecule has 5 nitrogen and oxygen atoms in total. The number of amides is 1. The first-order valence-corrected chi connectivity index (χ1v) is 7.02. The largest absolute Gasteiger partial charge is 0.358 e. The molecule has 100 valence electrons. The van der Waals surface area contributed by atoms with E-state index in [1.54, 1.807) is 18.4 Å². The normalized spacial score (nSPS) is 20.9. The van der Waals surface area contributed by atoms with Gasteiger partial charge in [-0.15, -0.1) is 11.3 Å². The maximum atomic E-state index is 11.9. The van der Waals surface area contributed by atoms with Gasteiger partial charge in [0.25, 0.3) is 0 Å². The predicted octanol–water partition coefficient (Wildman–Crippen LogP) is 0.280. The first-order chi connectivity index (χ1) is 8.61. The van der Waals surface area contributed by atoms with E-state index in [1.807, 2.05) is 13.8 Å². The van der Waals surface area contributed by atoms with Crippen molar-refractivity contribution >= 4 is 17.2 Å². The molecule has 1 atom stereocenters. The van der Waals surface area contributed by atoms with E-state index in [0.717, 1.165) is 36.9 Å². The molecule has 2 rings (SSSR count). The molecule has 0 bridgehead atoms. The van der Waals surface area contributed by atoms with Crippen molar-refractivity contribution in [3.63, 3.8) is 0 Å². The molecule has 1 aromatic heterocycles. The highest BCUT2D eigenvalue weighted by Crippen LogP contribution is 2.20. The molecule has 1 fully saturated rings. The minimum Gasteiger partial charge on any atom is -0.358 e. The Kier molecular flexibility index (Phi) is 4.31. The minimum atomic E-state index is -0.0782. The van der Waals surface area contributed by atoms with Crippen LogP contribution in [0.5, 0.6) is 0 Å². The summed E-state index contributed by atoms with van der Waals surface area (Å²) in [5.74, 6) is 0.0843. The molecule has 0 saturated carbocycles. The first kappa shape index (κ1) is 13.5. The molecule has 18 heavy (non-hydrogen) atoms. The third-order valence-electron chi connectivity index (χ3n) is 3.25. The lowest BCUT2D eigenvalue weighted by Gasteiger charge is -2.34. The number of hydrogen-bond acceptors (Lipinski definition) is 5. The van der Waals surface area contributed by atoms with Crippen LogP contribution in [-0.2, 0) is 11.3 Å². The third-order valence-corrected chi connectivity index (χ3v) is 4.31. The summed E-state index contributed by atoms with van der Waals surface area (Å²) < 4.78 is 0. The van der Waals surface area contributed by atoms with Gasteiger partial charge in [-0.2, -0.15) is 0 Å². The fourth-order valence-electron chi connectivity index (χ4n) is 2.27. The number of likely N-dealkylation sites (N-methyl/N-ethyl adjacent to an activating group) is 1. The molecular weight excluding hydrogens is 248 g/mol. The van der Waals surface area contributed by atoms with Gasteiger partial charge in [-0.1, -0.05) is 0 Å². The molecule has 6 heteroatoms. The lowest BCUT2D eigenvalue weighted by Crippen LogP contribution is -2.56. The lowest BCUT2D eigenvalue weighted by molar-refractivity contribution is -0.126. The number of nitrogens with one attached hydrogen (secondary N) is 2. The van der Waals surface area contributed by atoms with Crippen LogP contribution < -0.4 is 10.6 Å². The zero-order chi connectivity index (χ0) is 13.1. The summed E-state index contributed by atoms with van der Waals surface area (Å²) in [5, 5.41) is 7.10. The SMILES string of the molecule is CNC(=O)C1CNCCN1Cc1sc(C)nc1C. The molecule has 0 spiro atoms. The van der Waals surface area contributed by atoms with Gasteiger partial charge >= 0.3 is 0 Å². The molecule has 1 saturated heterocycles. The molecule has 1 aliphatic rings. The molecule has 1 aromatic rings. The Morgan fingerprint density at radius 2 is 2.39 bits per heavy atom. The van der Waals surface area contributed by atoms with Gasteiger partial charge in [-0.05, 0) is 13.8 Å². The van der Waals surface area contributed by atoms with Crippen LogP contribution in [0.1, 0.15) is 15.6 Å². The summed E-state index contributed by atoms with van der Waals surface area (Å²) in [4.78, 5) is 19.8. The number of aryl methyl sites for hydroxylation is 2. The number of rotatable bonds is 3. The number of carbonyl (C=O) groups excluding carboxylic acids is 1. The van der Waals surface area contributed by atoms with Gasteiger partial charge in [0.05, 0.1) is 10.7 Å². The van der Waals surface area contributed by atoms with Crippen LogP contribution in [0.2, 0.25) is 0 Å². The van der Waals surface area contributed by atoms with E-state index < -0.39 is 0 Å². The van der Waals surface area contributed by atoms with Gasteiger partial charge in [0.15, 0.2) is 0 Å². The van der Waals surface area contributed by atoms with Crippen LogP contribution in [0.4, 0.5) is 0 Å². The Balaban J connectivity index is 2.10. The molecule has 0 aliphatic carbocycles. The van der Waals surface area contributed by atoms with Crippen molar-refractivity contribution in [1.82, 2.24) is 20.5 Å². The second kappa shape index (κ2) is 5.77. The zero-order valence-electron chi connectivity index (χ0n) is 11.1. The van der Waals surface area contributed by atoms with E-state index in [0.29, 0.717) is 0 Å². The Morgan fingerprint density at radius 1 is 1.61 bits per heavy atom. The Bertz CT molecular complexity index is 432. The maximum absolute atomic E-state index is 11.9. The summed E-state index contributed by atoms with van der Waals surface area (Å²) in [5.41, 5.74) is 1.09. The van der Waals surface area contributed by atoms with Gasteiger partial charge in [-0.3, -0.25) is 9.69 Å². The topological polar surface area (TPSA) is 57.3 Å². The number of thiazole rings is 1. The summed E-state index contributed by atoms with van der Waals surface area (Å²) in [6, 6.07) is -0.0782. The minimum absolute atomic E-state index is 0.0782. The molecule has 1 unspecified atom stereocenters. The molecule has 1 aliphatic heterocycles. The van der Waals surface area contributed by atoms with Crippen molar-refractivity contribution in [3.05, 3.63) is 15.6 Å². The van der Waals surface area contributed by atoms with Crippen molar-refractivity contribution in [2.24, 2.45) is 0 Å². The van der Waals surface area contributed by atoms with Crippen molar-refractivity contribution < 1.29 is 4.79 Å². The van der Waals surface area contributed by atoms with E-state index >= 15 is 0 Å². The molecule has 2 N–H and O–H groups in total. The standard InChI is InChI=1S/C12H20N4OS/c1-8-11(18-9(2)15-8)7-16-5-4-14-6-10(16)12(17)13-3/h10,14H,4-7H2,1-3H3,(H,13,17). The van der Waals surface area contributed by atoms with Gasteiger partial charge in [0.1, 0.15) is 6.04 Å². The van der Waals surface area contributed by atoms with Crippen molar-refractivity contribution in [2.75, 3.05) is 26.7 Å². The highest BCUT2D eigenvalue weighted by atomic mass is 32.1. The van der Waals surface area contributed by atoms with E-state index in [2.05, 4.69) is 20.5 Å². The van der Waals surface area contributed by atoms with Crippen molar-refractivity contribution in [2.45, 2.75) is 26.4 Å². The number of aromatic nitrogens is 1. The number of hydrogen-bond donors (Lipinski definition) is 2. The molecule has 0 radical (unpaired) electrons. The summed E-state index contributed by atoms with van der Waals surface area (Å²) in [6.07, 6.45) is 0. The van der Waals surface area contributed by atoms with Crippen LogP contribution in [-0.4, -0.2) is 48.5 Å². The van der Waals surface area contributed by atoms with E-state index in [-0.39, 0.29) is 11.9 Å². The van der Waals surface area contributed by atoms with Crippen LogP contribution in [0.15, 0.2) is 0 Å². The zero-order valence-corrected chi connectivity index (χ0v) is 11.9. The fourth-order valence-corrected chi connectivity index (χ4v) is 3.23. The lowest BCUT2D eigenvalue weighted by atomic mass is 10.1. The Hall–Kier alpha value is -0.980. The Morgan fingerprint density at radius 3 is 3.00 bits per heavy atom. The summed E-state index contributed by atoms with van der Waals surface area (Å²) >= 11 is 1.72. The van der Waals surface area contributed by atoms with Gasteiger partial charge in [0.2, 0.25) is 5.91 Å². The highest BCUT2D eigenvalue weighted by molar-refractivity contribution is 7.11. The average Bonchev–Trinajstić information content (AvgIpc) is 2.67. The second-order valence-corrected chi connectivity index (χ2v) is 5.83. The molecular formula is C12H20N4OS. The number of nitrogens with zero attached hydrogens (tertiary/aromatic N) is 2. The summed E-state index contributed by atoms with van der Waals surface area (Å²) in [6.45, 7) is 7.43. The first-order valence-electron chi connectivity index (χ1n) is 6.21. The highest BCUT2D eigenvalue weighted by Gasteiger charge is 2.28. The van der Waals surface area contributed by atoms with Crippen LogP contribution in [0.3, 0.4) is 0 Å². The Labute approximate surface area is 112 Å². The number of carbonyl (C=O) groups is 1. The second-order valence-electron chi connectivity index (χ2n) is 4.55. The van der Waals surface area contributed by atoms with Gasteiger partial charge < -0.3 is 10.6 Å². The van der Waals surface area contributed by atoms with Gasteiger partial charge in [-0.25, -0.2) is 4.98 Å². The van der Waals surface area contributed by atoms with Crippen LogP contribution in [0.25, 0.3) is 0 Å².